The zero-order chi connectivity index (χ0) is 12.3. The van der Waals surface area contributed by atoms with E-state index in [-0.39, 0.29) is 5.91 Å². The van der Waals surface area contributed by atoms with Crippen molar-refractivity contribution in [2.45, 2.75) is 26.7 Å². The van der Waals surface area contributed by atoms with Gasteiger partial charge in [-0.3, -0.25) is 4.79 Å². The number of carbonyl (C=O) groups excluding carboxylic acids is 1. The van der Waals surface area contributed by atoms with Crippen molar-refractivity contribution in [3.8, 4) is 0 Å². The Morgan fingerprint density at radius 3 is 2.94 bits per heavy atom. The van der Waals surface area contributed by atoms with Gasteiger partial charge < -0.3 is 5.32 Å². The van der Waals surface area contributed by atoms with Crippen LogP contribution in [0.15, 0.2) is 23.2 Å². The van der Waals surface area contributed by atoms with Crippen LogP contribution in [-0.4, -0.2) is 16.8 Å². The number of rotatable bonds is 3. The van der Waals surface area contributed by atoms with Gasteiger partial charge in [0.1, 0.15) is 0 Å². The molecule has 0 radical (unpaired) electrons. The maximum atomic E-state index is 11.1. The molecular weight excluding hydrogens is 232 g/mol. The van der Waals surface area contributed by atoms with Gasteiger partial charge in [-0.05, 0) is 30.5 Å². The molecule has 1 heterocycles. The Morgan fingerprint density at radius 1 is 1.47 bits per heavy atom. The van der Waals surface area contributed by atoms with Crippen LogP contribution in [0, 0.1) is 6.92 Å². The van der Waals surface area contributed by atoms with Gasteiger partial charge in [-0.15, -0.1) is 0 Å². The Hall–Kier alpha value is -1.29. The first kappa shape index (κ1) is 12.2. The van der Waals surface area contributed by atoms with Crippen LogP contribution < -0.4 is 5.32 Å². The van der Waals surface area contributed by atoms with Crippen molar-refractivity contribution in [2.75, 3.05) is 5.75 Å². The quantitative estimate of drug-likeness (QED) is 0.893. The van der Waals surface area contributed by atoms with Crippen molar-refractivity contribution in [3.63, 3.8) is 0 Å². The molecule has 1 N–H and O–H groups in total. The number of aryl methyl sites for hydroxylation is 1. The first-order valence-electron chi connectivity index (χ1n) is 5.80. The molecule has 1 aliphatic rings. The molecule has 1 aromatic carbocycles. The van der Waals surface area contributed by atoms with Crippen LogP contribution in [-0.2, 0) is 11.2 Å². The summed E-state index contributed by atoms with van der Waals surface area (Å²) in [6, 6.07) is 6.16. The molecule has 1 aromatic rings. The van der Waals surface area contributed by atoms with E-state index >= 15 is 0 Å². The van der Waals surface area contributed by atoms with Gasteiger partial charge >= 0.3 is 0 Å². The normalized spacial score (nSPS) is 17.5. The van der Waals surface area contributed by atoms with E-state index in [1.54, 1.807) is 0 Å². The lowest BCUT2D eigenvalue weighted by molar-refractivity contribution is -0.116. The Morgan fingerprint density at radius 2 is 2.29 bits per heavy atom. The van der Waals surface area contributed by atoms with Crippen molar-refractivity contribution in [3.05, 3.63) is 29.3 Å². The summed E-state index contributed by atoms with van der Waals surface area (Å²) in [6.07, 6.45) is 2.20. The second kappa shape index (κ2) is 5.36. The van der Waals surface area contributed by atoms with E-state index in [2.05, 4.69) is 30.2 Å². The van der Waals surface area contributed by atoms with Gasteiger partial charge in [0, 0.05) is 0 Å². The van der Waals surface area contributed by atoms with Crippen LogP contribution in [0.1, 0.15) is 24.5 Å². The molecule has 1 aliphatic heterocycles. The summed E-state index contributed by atoms with van der Waals surface area (Å²) in [6.45, 7) is 4.26. The van der Waals surface area contributed by atoms with Crippen molar-refractivity contribution < 1.29 is 4.79 Å². The third kappa shape index (κ3) is 2.88. The minimum absolute atomic E-state index is 0.0381. The monoisotopic (exact) mass is 248 g/mol. The molecule has 17 heavy (non-hydrogen) atoms. The third-order valence-corrected chi connectivity index (χ3v) is 3.62. The first-order valence-corrected chi connectivity index (χ1v) is 6.79. The summed E-state index contributed by atoms with van der Waals surface area (Å²) in [5, 5.41) is 3.47. The number of aliphatic imine (C=N–C) groups is 1. The van der Waals surface area contributed by atoms with Crippen molar-refractivity contribution in [2.24, 2.45) is 4.99 Å². The summed E-state index contributed by atoms with van der Waals surface area (Å²) >= 11 is 1.46. The second-order valence-corrected chi connectivity index (χ2v) is 5.03. The van der Waals surface area contributed by atoms with E-state index < -0.39 is 0 Å². The summed E-state index contributed by atoms with van der Waals surface area (Å²) in [7, 11) is 0. The van der Waals surface area contributed by atoms with E-state index in [1.807, 2.05) is 12.1 Å². The average molecular weight is 248 g/mol. The fourth-order valence-electron chi connectivity index (χ4n) is 1.83. The molecule has 0 aliphatic carbocycles. The number of amides is 1. The average Bonchev–Trinajstić information content (AvgIpc) is 2.70. The van der Waals surface area contributed by atoms with E-state index in [9.17, 15) is 4.79 Å². The summed E-state index contributed by atoms with van der Waals surface area (Å²) in [5.74, 6) is 0.517. The van der Waals surface area contributed by atoms with Crippen LogP contribution in [0.25, 0.3) is 0 Å². The lowest BCUT2D eigenvalue weighted by Crippen LogP contribution is -2.19. The molecule has 1 amide bonds. The highest BCUT2D eigenvalue weighted by Crippen LogP contribution is 2.25. The topological polar surface area (TPSA) is 41.5 Å². The molecule has 0 saturated carbocycles. The fourth-order valence-corrected chi connectivity index (χ4v) is 2.52. The maximum absolute atomic E-state index is 11.1. The summed E-state index contributed by atoms with van der Waals surface area (Å²) < 4.78 is 0. The van der Waals surface area contributed by atoms with E-state index in [0.29, 0.717) is 10.9 Å². The number of hydrogen-bond acceptors (Lipinski definition) is 3. The fraction of sp³-hybridized carbons (Fsp3) is 0.385. The highest BCUT2D eigenvalue weighted by Gasteiger charge is 2.16. The van der Waals surface area contributed by atoms with Gasteiger partial charge in [0.05, 0.1) is 11.4 Å². The van der Waals surface area contributed by atoms with Gasteiger partial charge in [-0.2, -0.15) is 0 Å². The molecule has 0 bridgehead atoms. The molecule has 0 atom stereocenters. The SMILES string of the molecule is CCCc1cccc(N=C2NC(=O)CS2)c1C. The van der Waals surface area contributed by atoms with Gasteiger partial charge in [-0.1, -0.05) is 37.2 Å². The minimum Gasteiger partial charge on any atom is -0.304 e. The summed E-state index contributed by atoms with van der Waals surface area (Å²) in [5.41, 5.74) is 3.51. The zero-order valence-electron chi connectivity index (χ0n) is 10.1. The van der Waals surface area contributed by atoms with Crippen LogP contribution >= 0.6 is 11.8 Å². The molecule has 0 aromatic heterocycles. The molecule has 2 rings (SSSR count). The highest BCUT2D eigenvalue weighted by molar-refractivity contribution is 8.15. The first-order chi connectivity index (χ1) is 8.20. The Balaban J connectivity index is 2.27. The Kier molecular flexibility index (Phi) is 3.84. The van der Waals surface area contributed by atoms with Crippen molar-refractivity contribution >= 4 is 28.5 Å². The predicted octanol–water partition coefficient (Wildman–Crippen LogP) is 2.80. The van der Waals surface area contributed by atoms with Crippen LogP contribution in [0.2, 0.25) is 0 Å². The van der Waals surface area contributed by atoms with Gasteiger partial charge in [0.25, 0.3) is 0 Å². The smallest absolute Gasteiger partial charge is 0.236 e. The predicted molar refractivity (Wildman–Crippen MR) is 72.9 cm³/mol. The number of nitrogens with one attached hydrogen (secondary N) is 1. The summed E-state index contributed by atoms with van der Waals surface area (Å²) in [4.78, 5) is 15.6. The molecule has 4 heteroatoms. The molecule has 3 nitrogen and oxygen atoms in total. The zero-order valence-corrected chi connectivity index (χ0v) is 10.9. The highest BCUT2D eigenvalue weighted by atomic mass is 32.2. The molecule has 0 unspecified atom stereocenters. The van der Waals surface area contributed by atoms with Crippen molar-refractivity contribution in [1.82, 2.24) is 5.32 Å². The lowest BCUT2D eigenvalue weighted by Gasteiger charge is -2.07. The lowest BCUT2D eigenvalue weighted by atomic mass is 10.0. The van der Waals surface area contributed by atoms with E-state index in [0.717, 1.165) is 18.5 Å². The van der Waals surface area contributed by atoms with Crippen LogP contribution in [0.4, 0.5) is 5.69 Å². The molecular formula is C13H16N2OS. The Bertz CT molecular complexity index is 468. The van der Waals surface area contributed by atoms with E-state index in [4.69, 9.17) is 0 Å². The number of thioether (sulfide) groups is 1. The standard InChI is InChI=1S/C13H16N2OS/c1-3-5-10-6-4-7-11(9(10)2)14-13-15-12(16)8-17-13/h4,6-7H,3,5,8H2,1-2H3,(H,14,15,16). The minimum atomic E-state index is 0.0381. The van der Waals surface area contributed by atoms with Gasteiger partial charge in [0.2, 0.25) is 5.91 Å². The molecule has 1 saturated heterocycles. The Labute approximate surface area is 106 Å². The van der Waals surface area contributed by atoms with E-state index in [1.165, 1.54) is 22.9 Å². The second-order valence-electron chi connectivity index (χ2n) is 4.07. The molecule has 1 fully saturated rings. The molecule has 0 spiro atoms. The number of benzene rings is 1. The van der Waals surface area contributed by atoms with Crippen LogP contribution in [0.3, 0.4) is 0 Å². The molecule has 90 valence electrons. The van der Waals surface area contributed by atoms with Crippen molar-refractivity contribution in [1.29, 1.82) is 0 Å². The number of amidine groups is 1. The number of nitrogens with zero attached hydrogens (tertiary/aromatic N) is 1. The maximum Gasteiger partial charge on any atom is 0.236 e. The van der Waals surface area contributed by atoms with Crippen LogP contribution in [0.5, 0.6) is 0 Å². The third-order valence-electron chi connectivity index (χ3n) is 2.75. The number of carbonyl (C=O) groups is 1. The van der Waals surface area contributed by atoms with Gasteiger partial charge in [-0.25, -0.2) is 4.99 Å². The van der Waals surface area contributed by atoms with Gasteiger partial charge in [0.15, 0.2) is 5.17 Å². The number of hydrogen-bond donors (Lipinski definition) is 1. The largest absolute Gasteiger partial charge is 0.304 e.